The van der Waals surface area contributed by atoms with E-state index in [0.717, 1.165) is 23.8 Å². The van der Waals surface area contributed by atoms with Crippen molar-refractivity contribution < 1.29 is 31.5 Å². The average Bonchev–Trinajstić information content (AvgIpc) is 3.05. The van der Waals surface area contributed by atoms with Crippen LogP contribution < -0.4 is 0 Å². The fraction of sp³-hybridized carbons (Fsp3) is 0.500. The largest absolute Gasteiger partial charge is 0.654 e. The van der Waals surface area contributed by atoms with Gasteiger partial charge >= 0.3 is 0 Å². The zero-order valence-electron chi connectivity index (χ0n) is 13.2. The van der Waals surface area contributed by atoms with Gasteiger partial charge in [0.2, 0.25) is 0 Å². The Labute approximate surface area is 152 Å². The maximum Gasteiger partial charge on any atom is 0.0270 e. The van der Waals surface area contributed by atoms with E-state index in [1.165, 1.54) is 19.3 Å². The van der Waals surface area contributed by atoms with Crippen molar-refractivity contribution in [3.05, 3.63) is 35.4 Å². The Balaban J connectivity index is -0.000000514. The van der Waals surface area contributed by atoms with Crippen LogP contribution in [0.4, 0.5) is 0 Å². The molecule has 1 aliphatic carbocycles. The zero-order chi connectivity index (χ0) is 17.4. The van der Waals surface area contributed by atoms with Gasteiger partial charge in [-0.15, -0.1) is 21.8 Å². The van der Waals surface area contributed by atoms with Crippen LogP contribution in [-0.4, -0.2) is 37.1 Å². The van der Waals surface area contributed by atoms with E-state index >= 15 is 0 Å². The number of pyridine rings is 1. The van der Waals surface area contributed by atoms with Crippen LogP contribution in [0.1, 0.15) is 31.9 Å². The minimum atomic E-state index is 0. The van der Waals surface area contributed by atoms with Crippen LogP contribution in [0.2, 0.25) is 0 Å². The maximum absolute atomic E-state index is 7.75. The third-order valence-electron chi connectivity index (χ3n) is 3.51. The Morgan fingerprint density at radius 2 is 1.83 bits per heavy atom. The van der Waals surface area contributed by atoms with Gasteiger partial charge in [0, 0.05) is 29.0 Å². The molecular formula is C16H23MnN2O3P-4. The molecule has 1 saturated carbocycles. The molecule has 3 unspecified atom stereocenters. The first-order chi connectivity index (χ1) is 10.8. The molecule has 0 bridgehead atoms. The van der Waals surface area contributed by atoms with Gasteiger partial charge in [0.15, 0.2) is 0 Å². The first-order valence-electron chi connectivity index (χ1n) is 6.80. The van der Waals surface area contributed by atoms with Gasteiger partial charge in [-0.1, -0.05) is 31.7 Å². The molecule has 1 aromatic heterocycles. The van der Waals surface area contributed by atoms with E-state index in [0.29, 0.717) is 6.04 Å². The van der Waals surface area contributed by atoms with Gasteiger partial charge in [0.05, 0.1) is 0 Å². The standard InChI is InChI=1S/C13H20N2P.3CHO.Mn/c1-10(12-6-4-7-13(12)16)15-9-11-5-2-3-8-14-11;3*1-2;/h2-3,5,8,10,12-13H,4,6-7,9,16H2,1H3;3*1H;/q4*-1;/t10-,12?,13?;;;;/m0..../s1. The molecule has 1 fully saturated rings. The summed E-state index contributed by atoms with van der Waals surface area (Å²) in [5, 5.41) is 4.75. The Hall–Kier alpha value is -0.931. The van der Waals surface area contributed by atoms with Crippen LogP contribution in [0.5, 0.6) is 0 Å². The third-order valence-corrected chi connectivity index (χ3v) is 4.34. The van der Waals surface area contributed by atoms with Crippen molar-refractivity contribution in [3.63, 3.8) is 0 Å². The quantitative estimate of drug-likeness (QED) is 0.350. The van der Waals surface area contributed by atoms with Crippen molar-refractivity contribution in [1.82, 2.24) is 4.98 Å². The van der Waals surface area contributed by atoms with Gasteiger partial charge < -0.3 is 19.7 Å². The molecule has 4 atom stereocenters. The van der Waals surface area contributed by atoms with E-state index in [2.05, 4.69) is 41.5 Å². The molecule has 7 heteroatoms. The summed E-state index contributed by atoms with van der Waals surface area (Å²) in [5.74, 6) is 0.758. The molecule has 1 aliphatic rings. The predicted octanol–water partition coefficient (Wildman–Crippen LogP) is 2.56. The van der Waals surface area contributed by atoms with Gasteiger partial charge in [-0.05, 0) is 24.2 Å². The van der Waals surface area contributed by atoms with Crippen LogP contribution in [0.15, 0.2) is 24.4 Å². The van der Waals surface area contributed by atoms with Crippen LogP contribution in [0, 0.1) is 5.92 Å². The molecule has 23 heavy (non-hydrogen) atoms. The topological polar surface area (TPSA) is 78.2 Å². The van der Waals surface area contributed by atoms with Crippen LogP contribution >= 0.6 is 9.24 Å². The van der Waals surface area contributed by atoms with Crippen LogP contribution in [0.3, 0.4) is 0 Å². The van der Waals surface area contributed by atoms with Crippen molar-refractivity contribution in [2.75, 3.05) is 0 Å². The first-order valence-corrected chi connectivity index (χ1v) is 7.47. The molecule has 0 saturated heterocycles. The number of aromatic nitrogens is 1. The molecule has 0 aliphatic heterocycles. The van der Waals surface area contributed by atoms with Crippen LogP contribution in [0.25, 0.3) is 5.32 Å². The van der Waals surface area contributed by atoms with Crippen molar-refractivity contribution in [3.8, 4) is 0 Å². The van der Waals surface area contributed by atoms with Crippen molar-refractivity contribution >= 4 is 29.6 Å². The summed E-state index contributed by atoms with van der Waals surface area (Å²) in [7, 11) is 2.98. The summed E-state index contributed by atoms with van der Waals surface area (Å²) in [6, 6.07) is 6.48. The normalized spacial score (nSPS) is 19.2. The summed E-state index contributed by atoms with van der Waals surface area (Å²) in [6.45, 7) is 12.8. The molecule has 0 N–H and O–H groups in total. The Morgan fingerprint density at radius 1 is 1.22 bits per heavy atom. The minimum absolute atomic E-state index is 0. The molecule has 0 amide bonds. The zero-order valence-corrected chi connectivity index (χ0v) is 15.5. The van der Waals surface area contributed by atoms with Gasteiger partial charge in [0.1, 0.15) is 0 Å². The molecular weight excluding hydrogens is 354 g/mol. The molecule has 1 radical (unpaired) electrons. The number of hydrogen-bond acceptors (Lipinski definition) is 4. The fourth-order valence-electron chi connectivity index (χ4n) is 2.48. The second kappa shape index (κ2) is 19.1. The maximum atomic E-state index is 7.75. The summed E-state index contributed by atoms with van der Waals surface area (Å²) in [6.07, 6.45) is 5.88. The Kier molecular flexibility index (Phi) is 22.4. The van der Waals surface area contributed by atoms with E-state index in [1.54, 1.807) is 0 Å². The number of nitrogens with zero attached hydrogens (tertiary/aromatic N) is 2. The molecule has 131 valence electrons. The Bertz CT molecular complexity index is 369. The van der Waals surface area contributed by atoms with E-state index in [4.69, 9.17) is 19.7 Å². The SMILES string of the molecule is C[C@H]([N-]Cc1ccccn1)C1CCCC1P.[CH-]=O.[CH-]=O.[CH-]=O.[Mn]. The summed E-state index contributed by atoms with van der Waals surface area (Å²) < 4.78 is 0. The monoisotopic (exact) mass is 377 g/mol. The second-order valence-corrected chi connectivity index (χ2v) is 5.52. The van der Waals surface area contributed by atoms with E-state index < -0.39 is 0 Å². The molecule has 1 heterocycles. The molecule has 1 aromatic rings. The summed E-state index contributed by atoms with van der Waals surface area (Å²) in [5.41, 5.74) is 1.84. The molecule has 0 aromatic carbocycles. The van der Waals surface area contributed by atoms with Gasteiger partial charge in [0.25, 0.3) is 0 Å². The number of hydrogen-bond donors (Lipinski definition) is 0. The molecule has 2 rings (SSSR count). The van der Waals surface area contributed by atoms with Crippen molar-refractivity contribution in [2.45, 2.75) is 44.4 Å². The smallest absolute Gasteiger partial charge is 0.0270 e. The van der Waals surface area contributed by atoms with Crippen molar-refractivity contribution in [2.24, 2.45) is 5.92 Å². The Morgan fingerprint density at radius 3 is 2.26 bits per heavy atom. The summed E-state index contributed by atoms with van der Waals surface area (Å²) in [4.78, 5) is 27.5. The number of rotatable bonds is 4. The van der Waals surface area contributed by atoms with Gasteiger partial charge in [-0.25, -0.2) is 0 Å². The van der Waals surface area contributed by atoms with Crippen LogP contribution in [-0.2, 0) is 38.0 Å². The third kappa shape index (κ3) is 11.3. The molecule has 0 spiro atoms. The first kappa shape index (κ1) is 26.9. The van der Waals surface area contributed by atoms with E-state index in [1.807, 2.05) is 24.4 Å². The van der Waals surface area contributed by atoms with Crippen molar-refractivity contribution in [1.29, 1.82) is 0 Å². The second-order valence-electron chi connectivity index (χ2n) is 4.66. The fourth-order valence-corrected chi connectivity index (χ4v) is 3.23. The van der Waals surface area contributed by atoms with E-state index in [9.17, 15) is 0 Å². The van der Waals surface area contributed by atoms with E-state index in [-0.39, 0.29) is 17.1 Å². The van der Waals surface area contributed by atoms with Gasteiger partial charge in [-0.3, -0.25) is 25.4 Å². The van der Waals surface area contributed by atoms with Gasteiger partial charge in [-0.2, -0.15) is 0 Å². The minimum Gasteiger partial charge on any atom is -0.654 e. The molecule has 5 nitrogen and oxygen atoms in total. The average molecular weight is 377 g/mol. The summed E-state index contributed by atoms with van der Waals surface area (Å²) >= 11 is 0. The predicted molar refractivity (Wildman–Crippen MR) is 91.9 cm³/mol. The number of carbonyl (C=O) groups excluding carboxylic acids is 3.